The number of hydrogen-bond acceptors (Lipinski definition) is 2. The summed E-state index contributed by atoms with van der Waals surface area (Å²) < 4.78 is 1.13. The standard InChI is InChI=1S/C11H14BrNS/c12-10-1-2-11(13)9(6-10)5-8-3-4-14-7-8/h1-2,6,8H,3-5,7,13H2. The molecular weight excluding hydrogens is 258 g/mol. The van der Waals surface area contributed by atoms with Crippen LogP contribution < -0.4 is 5.73 Å². The highest BCUT2D eigenvalue weighted by molar-refractivity contribution is 9.10. The van der Waals surface area contributed by atoms with Crippen molar-refractivity contribution in [1.82, 2.24) is 0 Å². The monoisotopic (exact) mass is 271 g/mol. The zero-order valence-corrected chi connectivity index (χ0v) is 10.4. The summed E-state index contributed by atoms with van der Waals surface area (Å²) in [6, 6.07) is 6.14. The molecule has 3 heteroatoms. The van der Waals surface area contributed by atoms with Crippen molar-refractivity contribution < 1.29 is 0 Å². The third-order valence-corrected chi connectivity index (χ3v) is 4.36. The first kappa shape index (κ1) is 10.4. The number of nitrogens with two attached hydrogens (primary N) is 1. The highest BCUT2D eigenvalue weighted by Crippen LogP contribution is 2.29. The molecule has 0 aromatic heterocycles. The highest BCUT2D eigenvalue weighted by Gasteiger charge is 2.16. The van der Waals surface area contributed by atoms with Crippen LogP contribution in [0.15, 0.2) is 22.7 Å². The number of nitrogen functional groups attached to an aromatic ring is 1. The molecule has 1 aliphatic heterocycles. The van der Waals surface area contributed by atoms with Crippen LogP contribution in [0.25, 0.3) is 0 Å². The number of anilines is 1. The van der Waals surface area contributed by atoms with Gasteiger partial charge in [0.2, 0.25) is 0 Å². The van der Waals surface area contributed by atoms with E-state index in [1.165, 1.54) is 23.5 Å². The van der Waals surface area contributed by atoms with Crippen molar-refractivity contribution in [2.24, 2.45) is 5.92 Å². The molecule has 1 unspecified atom stereocenters. The summed E-state index contributed by atoms with van der Waals surface area (Å²) in [5.74, 6) is 3.45. The van der Waals surface area contributed by atoms with Gasteiger partial charge in [0, 0.05) is 10.2 Å². The van der Waals surface area contributed by atoms with E-state index < -0.39 is 0 Å². The van der Waals surface area contributed by atoms with Crippen molar-refractivity contribution >= 4 is 33.4 Å². The Morgan fingerprint density at radius 3 is 3.07 bits per heavy atom. The summed E-state index contributed by atoms with van der Waals surface area (Å²) in [6.07, 6.45) is 2.48. The van der Waals surface area contributed by atoms with E-state index in [4.69, 9.17) is 5.73 Å². The second-order valence-corrected chi connectivity index (χ2v) is 5.84. The molecular formula is C11H14BrNS. The SMILES string of the molecule is Nc1ccc(Br)cc1CC1CCSC1. The van der Waals surface area contributed by atoms with E-state index in [2.05, 4.69) is 33.8 Å². The number of hydrogen-bond donors (Lipinski definition) is 1. The Kier molecular flexibility index (Phi) is 3.39. The average molecular weight is 272 g/mol. The van der Waals surface area contributed by atoms with Crippen molar-refractivity contribution in [1.29, 1.82) is 0 Å². The fourth-order valence-electron chi connectivity index (χ4n) is 1.81. The largest absolute Gasteiger partial charge is 0.399 e. The molecule has 0 bridgehead atoms. The summed E-state index contributed by atoms with van der Waals surface area (Å²) in [4.78, 5) is 0. The Bertz CT molecular complexity index is 321. The van der Waals surface area contributed by atoms with E-state index in [-0.39, 0.29) is 0 Å². The maximum absolute atomic E-state index is 5.94. The molecule has 1 atom stereocenters. The van der Waals surface area contributed by atoms with Gasteiger partial charge in [-0.1, -0.05) is 15.9 Å². The molecule has 1 heterocycles. The van der Waals surface area contributed by atoms with Crippen molar-refractivity contribution in [3.8, 4) is 0 Å². The maximum atomic E-state index is 5.94. The van der Waals surface area contributed by atoms with Gasteiger partial charge in [0.15, 0.2) is 0 Å². The normalized spacial score (nSPS) is 21.4. The minimum absolute atomic E-state index is 0.830. The number of thioether (sulfide) groups is 1. The molecule has 2 N–H and O–H groups in total. The van der Waals surface area contributed by atoms with Crippen LogP contribution in [0.1, 0.15) is 12.0 Å². The van der Waals surface area contributed by atoms with Gasteiger partial charge in [0.25, 0.3) is 0 Å². The summed E-state index contributed by atoms with van der Waals surface area (Å²) in [7, 11) is 0. The minimum Gasteiger partial charge on any atom is -0.399 e. The zero-order valence-electron chi connectivity index (χ0n) is 8.00. The highest BCUT2D eigenvalue weighted by atomic mass is 79.9. The van der Waals surface area contributed by atoms with Crippen molar-refractivity contribution in [2.75, 3.05) is 17.2 Å². The van der Waals surface area contributed by atoms with Gasteiger partial charge in [-0.2, -0.15) is 11.8 Å². The molecule has 0 aliphatic carbocycles. The van der Waals surface area contributed by atoms with Crippen LogP contribution in [0.2, 0.25) is 0 Å². The third kappa shape index (κ3) is 2.45. The molecule has 0 radical (unpaired) electrons. The van der Waals surface area contributed by atoms with Gasteiger partial charge < -0.3 is 5.73 Å². The zero-order chi connectivity index (χ0) is 9.97. The van der Waals surface area contributed by atoms with Gasteiger partial charge in [0.05, 0.1) is 0 Å². The van der Waals surface area contributed by atoms with Crippen LogP contribution in [-0.4, -0.2) is 11.5 Å². The molecule has 0 saturated carbocycles. The van der Waals surface area contributed by atoms with Crippen LogP contribution in [0.3, 0.4) is 0 Å². The molecule has 1 fully saturated rings. The Morgan fingerprint density at radius 2 is 2.36 bits per heavy atom. The van der Waals surface area contributed by atoms with Gasteiger partial charge in [0.1, 0.15) is 0 Å². The van der Waals surface area contributed by atoms with Crippen molar-refractivity contribution in [3.63, 3.8) is 0 Å². The summed E-state index contributed by atoms with van der Waals surface area (Å²) >= 11 is 5.54. The molecule has 2 rings (SSSR count). The van der Waals surface area contributed by atoms with Crippen molar-refractivity contribution in [3.05, 3.63) is 28.2 Å². The van der Waals surface area contributed by atoms with Crippen LogP contribution in [-0.2, 0) is 6.42 Å². The van der Waals surface area contributed by atoms with Gasteiger partial charge in [-0.3, -0.25) is 0 Å². The minimum atomic E-state index is 0.830. The Morgan fingerprint density at radius 1 is 1.50 bits per heavy atom. The summed E-state index contributed by atoms with van der Waals surface area (Å²) in [5.41, 5.74) is 8.17. The maximum Gasteiger partial charge on any atom is 0.0347 e. The van der Waals surface area contributed by atoms with Crippen LogP contribution >= 0.6 is 27.7 Å². The molecule has 1 nitrogen and oxygen atoms in total. The van der Waals surface area contributed by atoms with Gasteiger partial charge in [-0.05, 0) is 54.0 Å². The molecule has 1 aromatic rings. The Hall–Kier alpha value is -0.150. The lowest BCUT2D eigenvalue weighted by Gasteiger charge is -2.10. The lowest BCUT2D eigenvalue weighted by atomic mass is 9.98. The summed E-state index contributed by atoms with van der Waals surface area (Å²) in [6.45, 7) is 0. The lowest BCUT2D eigenvalue weighted by molar-refractivity contribution is 0.596. The second kappa shape index (κ2) is 4.58. The fourth-order valence-corrected chi connectivity index (χ4v) is 3.50. The van der Waals surface area contributed by atoms with E-state index in [0.717, 1.165) is 22.5 Å². The van der Waals surface area contributed by atoms with Crippen LogP contribution in [0.5, 0.6) is 0 Å². The van der Waals surface area contributed by atoms with Gasteiger partial charge in [-0.15, -0.1) is 0 Å². The van der Waals surface area contributed by atoms with Crippen molar-refractivity contribution in [2.45, 2.75) is 12.8 Å². The first-order chi connectivity index (χ1) is 6.75. The second-order valence-electron chi connectivity index (χ2n) is 3.78. The van der Waals surface area contributed by atoms with Gasteiger partial charge >= 0.3 is 0 Å². The Balaban J connectivity index is 2.10. The molecule has 1 aromatic carbocycles. The van der Waals surface area contributed by atoms with E-state index in [9.17, 15) is 0 Å². The Labute approximate surface area is 97.6 Å². The molecule has 0 amide bonds. The number of halogens is 1. The third-order valence-electron chi connectivity index (χ3n) is 2.64. The molecule has 76 valence electrons. The lowest BCUT2D eigenvalue weighted by Crippen LogP contribution is -2.05. The van der Waals surface area contributed by atoms with E-state index in [1.54, 1.807) is 0 Å². The average Bonchev–Trinajstić information content (AvgIpc) is 2.64. The quantitative estimate of drug-likeness (QED) is 0.836. The molecule has 0 spiro atoms. The van der Waals surface area contributed by atoms with E-state index in [1.807, 2.05) is 12.1 Å². The first-order valence-corrected chi connectivity index (χ1v) is 6.82. The number of rotatable bonds is 2. The molecule has 1 saturated heterocycles. The van der Waals surface area contributed by atoms with Crippen LogP contribution in [0.4, 0.5) is 5.69 Å². The van der Waals surface area contributed by atoms with E-state index in [0.29, 0.717) is 0 Å². The first-order valence-electron chi connectivity index (χ1n) is 4.87. The smallest absolute Gasteiger partial charge is 0.0347 e. The topological polar surface area (TPSA) is 26.0 Å². The predicted molar refractivity (Wildman–Crippen MR) is 67.7 cm³/mol. The molecule has 14 heavy (non-hydrogen) atoms. The van der Waals surface area contributed by atoms with Gasteiger partial charge in [-0.25, -0.2) is 0 Å². The van der Waals surface area contributed by atoms with E-state index >= 15 is 0 Å². The molecule has 1 aliphatic rings. The van der Waals surface area contributed by atoms with Crippen LogP contribution in [0, 0.1) is 5.92 Å². The predicted octanol–water partition coefficient (Wildman–Crippen LogP) is 3.33. The fraction of sp³-hybridized carbons (Fsp3) is 0.455. The number of benzene rings is 1. The summed E-state index contributed by atoms with van der Waals surface area (Å²) in [5, 5.41) is 0.